The zero-order chi connectivity index (χ0) is 19.2. The number of aromatic nitrogens is 3. The van der Waals surface area contributed by atoms with Crippen molar-refractivity contribution < 1.29 is 4.74 Å². The van der Waals surface area contributed by atoms with Gasteiger partial charge in [0.2, 0.25) is 0 Å². The van der Waals surface area contributed by atoms with E-state index in [4.69, 9.17) is 4.74 Å². The van der Waals surface area contributed by atoms with E-state index in [0.717, 1.165) is 28.0 Å². The molecular weight excluding hydrogens is 354 g/mol. The van der Waals surface area contributed by atoms with Crippen molar-refractivity contribution in [1.29, 1.82) is 0 Å². The summed E-state index contributed by atoms with van der Waals surface area (Å²) < 4.78 is 8.22. The van der Waals surface area contributed by atoms with Crippen molar-refractivity contribution >= 4 is 11.8 Å². The minimum absolute atomic E-state index is 0.202. The number of benzene rings is 2. The van der Waals surface area contributed by atoms with Crippen molar-refractivity contribution in [3.63, 3.8) is 0 Å². The van der Waals surface area contributed by atoms with Gasteiger partial charge in [0.05, 0.1) is 0 Å². The van der Waals surface area contributed by atoms with Crippen LogP contribution >= 0.6 is 11.8 Å². The molecule has 1 heterocycles. The third-order valence-electron chi connectivity index (χ3n) is 4.27. The quantitative estimate of drug-likeness (QED) is 0.382. The van der Waals surface area contributed by atoms with Gasteiger partial charge in [0, 0.05) is 12.3 Å². The summed E-state index contributed by atoms with van der Waals surface area (Å²) in [5.74, 6) is 2.53. The summed E-state index contributed by atoms with van der Waals surface area (Å²) in [6, 6.07) is 16.5. The van der Waals surface area contributed by atoms with E-state index >= 15 is 0 Å². The lowest BCUT2D eigenvalue weighted by Crippen LogP contribution is -2.12. The van der Waals surface area contributed by atoms with Gasteiger partial charge in [-0.3, -0.25) is 4.57 Å². The summed E-state index contributed by atoms with van der Waals surface area (Å²) in [7, 11) is 0. The van der Waals surface area contributed by atoms with Crippen LogP contribution in [0.3, 0.4) is 0 Å². The van der Waals surface area contributed by atoms with Gasteiger partial charge in [-0.2, -0.15) is 0 Å². The Morgan fingerprint density at radius 1 is 1.15 bits per heavy atom. The SMILES string of the molecule is C=CCn1c(SCc2cccc(C)c2)nnc1C(C)Oc1ccccc1C. The van der Waals surface area contributed by atoms with Gasteiger partial charge in [0.25, 0.3) is 0 Å². The first-order valence-electron chi connectivity index (χ1n) is 9.03. The zero-order valence-electron chi connectivity index (χ0n) is 16.1. The van der Waals surface area contributed by atoms with E-state index in [1.54, 1.807) is 11.8 Å². The Balaban J connectivity index is 1.77. The number of hydrogen-bond acceptors (Lipinski definition) is 4. The van der Waals surface area contributed by atoms with Crippen LogP contribution < -0.4 is 4.74 Å². The van der Waals surface area contributed by atoms with Gasteiger partial charge in [-0.25, -0.2) is 0 Å². The minimum Gasteiger partial charge on any atom is -0.482 e. The van der Waals surface area contributed by atoms with Gasteiger partial charge >= 0.3 is 0 Å². The Kier molecular flexibility index (Phi) is 6.35. The molecule has 1 atom stereocenters. The highest BCUT2D eigenvalue weighted by Gasteiger charge is 2.19. The predicted molar refractivity (Wildman–Crippen MR) is 111 cm³/mol. The molecule has 0 bridgehead atoms. The Bertz CT molecular complexity index is 919. The van der Waals surface area contributed by atoms with Crippen LogP contribution in [0.25, 0.3) is 0 Å². The molecule has 0 aliphatic heterocycles. The van der Waals surface area contributed by atoms with E-state index < -0.39 is 0 Å². The Morgan fingerprint density at radius 2 is 1.96 bits per heavy atom. The summed E-state index contributed by atoms with van der Waals surface area (Å²) in [6.45, 7) is 10.7. The van der Waals surface area contributed by atoms with Crippen LogP contribution in [0.5, 0.6) is 5.75 Å². The lowest BCUT2D eigenvalue weighted by atomic mass is 10.2. The molecule has 0 fully saturated rings. The molecule has 0 amide bonds. The number of aryl methyl sites for hydroxylation is 2. The molecule has 0 saturated heterocycles. The van der Waals surface area contributed by atoms with E-state index in [1.807, 2.05) is 44.2 Å². The maximum absolute atomic E-state index is 6.14. The third-order valence-corrected chi connectivity index (χ3v) is 5.31. The largest absolute Gasteiger partial charge is 0.482 e. The number of para-hydroxylation sites is 1. The van der Waals surface area contributed by atoms with E-state index in [2.05, 4.69) is 52.5 Å². The Morgan fingerprint density at radius 3 is 2.70 bits per heavy atom. The second kappa shape index (κ2) is 8.91. The van der Waals surface area contributed by atoms with E-state index in [9.17, 15) is 0 Å². The van der Waals surface area contributed by atoms with Crippen LogP contribution in [0.1, 0.15) is 35.5 Å². The average molecular weight is 380 g/mol. The maximum Gasteiger partial charge on any atom is 0.191 e. The molecule has 0 saturated carbocycles. The highest BCUT2D eigenvalue weighted by molar-refractivity contribution is 7.98. The molecule has 1 unspecified atom stereocenters. The average Bonchev–Trinajstić information content (AvgIpc) is 3.05. The topological polar surface area (TPSA) is 39.9 Å². The Labute approximate surface area is 165 Å². The number of thioether (sulfide) groups is 1. The number of hydrogen-bond donors (Lipinski definition) is 0. The van der Waals surface area contributed by atoms with Crippen LogP contribution in [0.4, 0.5) is 0 Å². The molecule has 0 aliphatic rings. The van der Waals surface area contributed by atoms with Crippen molar-refractivity contribution in [3.05, 3.63) is 83.7 Å². The van der Waals surface area contributed by atoms with Crippen LogP contribution in [-0.2, 0) is 12.3 Å². The highest BCUT2D eigenvalue weighted by atomic mass is 32.2. The fourth-order valence-electron chi connectivity index (χ4n) is 2.89. The first-order chi connectivity index (χ1) is 13.1. The van der Waals surface area contributed by atoms with Crippen LogP contribution in [0, 0.1) is 13.8 Å². The van der Waals surface area contributed by atoms with Crippen molar-refractivity contribution in [1.82, 2.24) is 14.8 Å². The van der Waals surface area contributed by atoms with Gasteiger partial charge in [-0.05, 0) is 38.0 Å². The molecule has 4 nitrogen and oxygen atoms in total. The molecule has 3 aromatic rings. The molecule has 0 radical (unpaired) electrons. The van der Waals surface area contributed by atoms with Crippen molar-refractivity contribution in [3.8, 4) is 5.75 Å². The van der Waals surface area contributed by atoms with Gasteiger partial charge < -0.3 is 4.74 Å². The fourth-order valence-corrected chi connectivity index (χ4v) is 3.79. The van der Waals surface area contributed by atoms with Gasteiger partial charge in [-0.15, -0.1) is 16.8 Å². The van der Waals surface area contributed by atoms with Gasteiger partial charge in [0.1, 0.15) is 5.75 Å². The Hall–Kier alpha value is -2.53. The first-order valence-corrected chi connectivity index (χ1v) is 10.0. The summed E-state index contributed by atoms with van der Waals surface area (Å²) in [5.41, 5.74) is 3.65. The molecule has 140 valence electrons. The highest BCUT2D eigenvalue weighted by Crippen LogP contribution is 2.28. The van der Waals surface area contributed by atoms with Gasteiger partial charge in [0.15, 0.2) is 17.1 Å². The van der Waals surface area contributed by atoms with E-state index in [1.165, 1.54) is 11.1 Å². The zero-order valence-corrected chi connectivity index (χ0v) is 16.9. The van der Waals surface area contributed by atoms with E-state index in [0.29, 0.717) is 6.54 Å². The molecule has 0 spiro atoms. The predicted octanol–water partition coefficient (Wildman–Crippen LogP) is 5.51. The fraction of sp³-hybridized carbons (Fsp3) is 0.273. The molecule has 2 aromatic carbocycles. The first kappa shape index (κ1) is 19.2. The number of nitrogens with zero attached hydrogens (tertiary/aromatic N) is 3. The van der Waals surface area contributed by atoms with Crippen LogP contribution in [-0.4, -0.2) is 14.8 Å². The molecule has 0 N–H and O–H groups in total. The van der Waals surface area contributed by atoms with Crippen molar-refractivity contribution in [2.45, 2.75) is 44.3 Å². The van der Waals surface area contributed by atoms with Crippen LogP contribution in [0.2, 0.25) is 0 Å². The third kappa shape index (κ3) is 4.80. The number of allylic oxidation sites excluding steroid dienone is 1. The molecule has 1 aromatic heterocycles. The lowest BCUT2D eigenvalue weighted by molar-refractivity contribution is 0.209. The van der Waals surface area contributed by atoms with Gasteiger partial charge in [-0.1, -0.05) is 65.9 Å². The van der Waals surface area contributed by atoms with Crippen molar-refractivity contribution in [2.75, 3.05) is 0 Å². The number of ether oxygens (including phenoxy) is 1. The van der Waals surface area contributed by atoms with Crippen molar-refractivity contribution in [2.24, 2.45) is 0 Å². The molecule has 0 aliphatic carbocycles. The molecular formula is C22H25N3OS. The molecule has 27 heavy (non-hydrogen) atoms. The second-order valence-corrected chi connectivity index (χ2v) is 7.49. The number of rotatable bonds is 8. The lowest BCUT2D eigenvalue weighted by Gasteiger charge is -2.17. The van der Waals surface area contributed by atoms with E-state index in [-0.39, 0.29) is 6.10 Å². The smallest absolute Gasteiger partial charge is 0.191 e. The standard InChI is InChI=1S/C22H25N3OS/c1-5-13-25-21(18(4)26-20-12-7-6-10-17(20)3)23-24-22(25)27-15-19-11-8-9-16(2)14-19/h5-12,14,18H,1,13,15H2,2-4H3. The molecule has 5 heteroatoms. The summed E-state index contributed by atoms with van der Waals surface area (Å²) >= 11 is 1.68. The maximum atomic E-state index is 6.14. The minimum atomic E-state index is -0.202. The normalized spacial score (nSPS) is 12.0. The second-order valence-electron chi connectivity index (χ2n) is 6.54. The summed E-state index contributed by atoms with van der Waals surface area (Å²) in [4.78, 5) is 0. The summed E-state index contributed by atoms with van der Waals surface area (Å²) in [6.07, 6.45) is 1.66. The monoisotopic (exact) mass is 379 g/mol. The summed E-state index contributed by atoms with van der Waals surface area (Å²) in [5, 5.41) is 9.70. The molecule has 3 rings (SSSR count). The van der Waals surface area contributed by atoms with Crippen LogP contribution in [0.15, 0.2) is 66.3 Å².